The number of benzene rings is 2. The summed E-state index contributed by atoms with van der Waals surface area (Å²) in [5, 5.41) is 1.56. The number of ether oxygens (including phenoxy) is 1. The highest BCUT2D eigenvalue weighted by molar-refractivity contribution is 14.1. The first kappa shape index (κ1) is 13.6. The Labute approximate surface area is 135 Å². The lowest BCUT2D eigenvalue weighted by molar-refractivity contribution is 0.306. The number of nitrogens with zero attached hydrogens (tertiary/aromatic N) is 1. The van der Waals surface area contributed by atoms with Gasteiger partial charge >= 0.3 is 0 Å². The summed E-state index contributed by atoms with van der Waals surface area (Å²) in [6.45, 7) is 0.414. The standard InChI is InChI=1S/C16H11ClINO/c17-16-12(9-11-3-1-2-4-15(11)19-16)10-20-14-7-5-13(18)6-8-14/h1-9H,10H2. The van der Waals surface area contributed by atoms with Gasteiger partial charge in [0.05, 0.1) is 5.52 Å². The van der Waals surface area contributed by atoms with E-state index in [-0.39, 0.29) is 0 Å². The van der Waals surface area contributed by atoms with Crippen LogP contribution in [0.5, 0.6) is 5.75 Å². The van der Waals surface area contributed by atoms with E-state index in [1.165, 1.54) is 3.57 Å². The first-order chi connectivity index (χ1) is 9.72. The molecule has 0 spiro atoms. The fourth-order valence-electron chi connectivity index (χ4n) is 1.93. The van der Waals surface area contributed by atoms with E-state index in [2.05, 4.69) is 27.6 Å². The van der Waals surface area contributed by atoms with Crippen LogP contribution >= 0.6 is 34.2 Å². The molecule has 2 aromatic carbocycles. The highest BCUT2D eigenvalue weighted by Crippen LogP contribution is 2.22. The second-order valence-electron chi connectivity index (χ2n) is 4.37. The third-order valence-electron chi connectivity index (χ3n) is 2.96. The van der Waals surface area contributed by atoms with Crippen molar-refractivity contribution in [2.75, 3.05) is 0 Å². The summed E-state index contributed by atoms with van der Waals surface area (Å²) in [4.78, 5) is 4.39. The maximum Gasteiger partial charge on any atom is 0.136 e. The molecular formula is C16H11ClINO. The summed E-state index contributed by atoms with van der Waals surface area (Å²) in [6, 6.07) is 17.9. The van der Waals surface area contributed by atoms with Crippen LogP contribution in [0.2, 0.25) is 5.15 Å². The van der Waals surface area contributed by atoms with Crippen LogP contribution in [-0.2, 0) is 6.61 Å². The van der Waals surface area contributed by atoms with Crippen molar-refractivity contribution in [1.29, 1.82) is 0 Å². The molecule has 0 bridgehead atoms. The zero-order valence-electron chi connectivity index (χ0n) is 10.5. The number of para-hydroxylation sites is 1. The molecule has 0 fully saturated rings. The van der Waals surface area contributed by atoms with Gasteiger partial charge in [-0.15, -0.1) is 0 Å². The number of aromatic nitrogens is 1. The predicted octanol–water partition coefficient (Wildman–Crippen LogP) is 5.07. The number of hydrogen-bond donors (Lipinski definition) is 0. The largest absolute Gasteiger partial charge is 0.489 e. The van der Waals surface area contributed by atoms with Crippen LogP contribution in [-0.4, -0.2) is 4.98 Å². The van der Waals surface area contributed by atoms with Gasteiger partial charge in [0.15, 0.2) is 0 Å². The summed E-state index contributed by atoms with van der Waals surface area (Å²) in [7, 11) is 0. The summed E-state index contributed by atoms with van der Waals surface area (Å²) >= 11 is 8.47. The van der Waals surface area contributed by atoms with Gasteiger partial charge in [-0.2, -0.15) is 0 Å². The molecule has 4 heteroatoms. The van der Waals surface area contributed by atoms with Crippen LogP contribution < -0.4 is 4.74 Å². The van der Waals surface area contributed by atoms with E-state index in [9.17, 15) is 0 Å². The predicted molar refractivity (Wildman–Crippen MR) is 90.2 cm³/mol. The summed E-state index contributed by atoms with van der Waals surface area (Å²) < 4.78 is 6.93. The second-order valence-corrected chi connectivity index (χ2v) is 5.98. The van der Waals surface area contributed by atoms with Crippen molar-refractivity contribution >= 4 is 45.1 Å². The molecule has 0 aliphatic rings. The molecular weight excluding hydrogens is 385 g/mol. The Morgan fingerprint density at radius 3 is 2.60 bits per heavy atom. The maximum absolute atomic E-state index is 6.20. The maximum atomic E-state index is 6.20. The lowest BCUT2D eigenvalue weighted by Crippen LogP contribution is -1.98. The first-order valence-corrected chi connectivity index (χ1v) is 7.60. The van der Waals surface area contributed by atoms with E-state index in [0.29, 0.717) is 11.8 Å². The minimum atomic E-state index is 0.414. The Balaban J connectivity index is 1.83. The smallest absolute Gasteiger partial charge is 0.136 e. The second kappa shape index (κ2) is 5.97. The average molecular weight is 396 g/mol. The fourth-order valence-corrected chi connectivity index (χ4v) is 2.49. The van der Waals surface area contributed by atoms with Crippen LogP contribution in [0.3, 0.4) is 0 Å². The van der Waals surface area contributed by atoms with E-state index in [1.54, 1.807) is 0 Å². The van der Waals surface area contributed by atoms with Crippen molar-refractivity contribution < 1.29 is 4.74 Å². The number of halogens is 2. The van der Waals surface area contributed by atoms with Crippen molar-refractivity contribution in [3.05, 3.63) is 68.9 Å². The summed E-state index contributed by atoms with van der Waals surface area (Å²) in [5.74, 6) is 0.828. The number of pyridine rings is 1. The van der Waals surface area contributed by atoms with Gasteiger partial charge in [-0.1, -0.05) is 29.8 Å². The molecule has 0 N–H and O–H groups in total. The van der Waals surface area contributed by atoms with Crippen LogP contribution in [0.1, 0.15) is 5.56 Å². The third-order valence-corrected chi connectivity index (χ3v) is 4.00. The molecule has 1 heterocycles. The molecule has 0 unspecified atom stereocenters. The Bertz CT molecular complexity index is 743. The van der Waals surface area contributed by atoms with Gasteiger partial charge in [0.2, 0.25) is 0 Å². The van der Waals surface area contributed by atoms with Gasteiger partial charge in [-0.3, -0.25) is 0 Å². The Hall–Kier alpha value is -1.33. The Kier molecular flexibility index (Phi) is 4.08. The van der Waals surface area contributed by atoms with Crippen LogP contribution in [0, 0.1) is 3.57 Å². The van der Waals surface area contributed by atoms with Crippen molar-refractivity contribution in [3.8, 4) is 5.75 Å². The molecule has 3 aromatic rings. The normalized spacial score (nSPS) is 10.7. The van der Waals surface area contributed by atoms with E-state index >= 15 is 0 Å². The minimum Gasteiger partial charge on any atom is -0.489 e. The van der Waals surface area contributed by atoms with Gasteiger partial charge < -0.3 is 4.74 Å². The molecule has 1 aromatic heterocycles. The number of rotatable bonds is 3. The lowest BCUT2D eigenvalue weighted by atomic mass is 10.2. The Morgan fingerprint density at radius 1 is 1.05 bits per heavy atom. The van der Waals surface area contributed by atoms with Crippen molar-refractivity contribution in [3.63, 3.8) is 0 Å². The molecule has 100 valence electrons. The molecule has 0 radical (unpaired) electrons. The summed E-state index contributed by atoms with van der Waals surface area (Å²) in [5.41, 5.74) is 1.79. The topological polar surface area (TPSA) is 22.1 Å². The zero-order chi connectivity index (χ0) is 13.9. The van der Waals surface area contributed by atoms with Gasteiger partial charge in [0.1, 0.15) is 17.5 Å². The number of fused-ring (bicyclic) bond motifs is 1. The molecule has 0 atom stereocenters. The molecule has 0 amide bonds. The SMILES string of the molecule is Clc1nc2ccccc2cc1COc1ccc(I)cc1. The monoisotopic (exact) mass is 395 g/mol. The zero-order valence-corrected chi connectivity index (χ0v) is 13.4. The van der Waals surface area contributed by atoms with Crippen molar-refractivity contribution in [2.45, 2.75) is 6.61 Å². The van der Waals surface area contributed by atoms with Crippen molar-refractivity contribution in [2.24, 2.45) is 0 Å². The minimum absolute atomic E-state index is 0.414. The van der Waals surface area contributed by atoms with Gasteiger partial charge in [-0.05, 0) is 59.0 Å². The van der Waals surface area contributed by atoms with Crippen LogP contribution in [0.15, 0.2) is 54.6 Å². The molecule has 3 rings (SSSR count). The van der Waals surface area contributed by atoms with E-state index in [1.807, 2.05) is 54.6 Å². The average Bonchev–Trinajstić information content (AvgIpc) is 2.47. The van der Waals surface area contributed by atoms with Gasteiger partial charge in [0, 0.05) is 14.5 Å². The number of hydrogen-bond acceptors (Lipinski definition) is 2. The van der Waals surface area contributed by atoms with E-state index in [0.717, 1.165) is 22.2 Å². The van der Waals surface area contributed by atoms with E-state index in [4.69, 9.17) is 16.3 Å². The fraction of sp³-hybridized carbons (Fsp3) is 0.0625. The van der Waals surface area contributed by atoms with Crippen molar-refractivity contribution in [1.82, 2.24) is 4.98 Å². The van der Waals surface area contributed by atoms with Crippen LogP contribution in [0.25, 0.3) is 10.9 Å². The first-order valence-electron chi connectivity index (χ1n) is 6.15. The Morgan fingerprint density at radius 2 is 1.80 bits per heavy atom. The molecule has 0 saturated heterocycles. The lowest BCUT2D eigenvalue weighted by Gasteiger charge is -2.08. The molecule has 0 saturated carbocycles. The van der Waals surface area contributed by atoms with Gasteiger partial charge in [-0.25, -0.2) is 4.98 Å². The third kappa shape index (κ3) is 3.04. The van der Waals surface area contributed by atoms with E-state index < -0.39 is 0 Å². The molecule has 0 aliphatic carbocycles. The molecule has 2 nitrogen and oxygen atoms in total. The summed E-state index contributed by atoms with van der Waals surface area (Å²) in [6.07, 6.45) is 0. The molecule has 0 aliphatic heterocycles. The highest BCUT2D eigenvalue weighted by atomic mass is 127. The highest BCUT2D eigenvalue weighted by Gasteiger charge is 2.05. The van der Waals surface area contributed by atoms with Gasteiger partial charge in [0.25, 0.3) is 0 Å². The quantitative estimate of drug-likeness (QED) is 0.456. The molecule has 20 heavy (non-hydrogen) atoms. The van der Waals surface area contributed by atoms with Crippen LogP contribution in [0.4, 0.5) is 0 Å².